The first-order chi connectivity index (χ1) is 7.92. The van der Waals surface area contributed by atoms with Crippen molar-refractivity contribution in [3.05, 3.63) is 11.5 Å². The Morgan fingerprint density at radius 3 is 1.44 bits per heavy atom. The minimum Gasteiger partial charge on any atom is -0.678 e. The second-order valence-electron chi connectivity index (χ2n) is 3.08. The Morgan fingerprint density at radius 2 is 1.28 bits per heavy atom. The number of carboxylic acids is 2. The Morgan fingerprint density at radius 1 is 1.00 bits per heavy atom. The number of hydrogen-bond acceptors (Lipinski definition) is 2. The summed E-state index contributed by atoms with van der Waals surface area (Å²) < 4.78 is 0. The SMILES string of the molecule is CCCCC(C(=O)O)C(=O)O.CC[NH-].CC[NH-].[Pt+2]. The van der Waals surface area contributed by atoms with Crippen LogP contribution in [0.1, 0.15) is 40.0 Å². The van der Waals surface area contributed by atoms with Gasteiger partial charge in [-0.3, -0.25) is 9.59 Å². The zero-order valence-corrected chi connectivity index (χ0v) is 13.4. The van der Waals surface area contributed by atoms with Gasteiger partial charge in [-0.2, -0.15) is 13.1 Å². The van der Waals surface area contributed by atoms with E-state index >= 15 is 0 Å². The monoisotopic (exact) mass is 443 g/mol. The minimum atomic E-state index is -1.24. The molecule has 0 bridgehead atoms. The van der Waals surface area contributed by atoms with Gasteiger partial charge in [-0.1, -0.05) is 33.6 Å². The summed E-state index contributed by atoms with van der Waals surface area (Å²) in [6.07, 6.45) is 1.68. The first-order valence-electron chi connectivity index (χ1n) is 5.67. The number of hydrogen-bond donors (Lipinski definition) is 2. The van der Waals surface area contributed by atoms with E-state index in [0.29, 0.717) is 19.5 Å². The number of unbranched alkanes of at least 4 members (excludes halogenated alkanes) is 1. The number of nitrogens with one attached hydrogen (secondary N) is 2. The van der Waals surface area contributed by atoms with E-state index in [-0.39, 0.29) is 27.5 Å². The second-order valence-corrected chi connectivity index (χ2v) is 3.08. The maximum absolute atomic E-state index is 10.3. The Labute approximate surface area is 123 Å². The van der Waals surface area contributed by atoms with Crippen molar-refractivity contribution in [2.45, 2.75) is 40.0 Å². The molecular formula is C11H24N2O4Pt. The predicted octanol–water partition coefficient (Wildman–Crippen LogP) is 3.08. The van der Waals surface area contributed by atoms with Crippen LogP contribution in [0.2, 0.25) is 0 Å². The van der Waals surface area contributed by atoms with Gasteiger partial charge in [0.15, 0.2) is 5.92 Å². The molecule has 0 heterocycles. The third-order valence-electron chi connectivity index (χ3n) is 1.44. The van der Waals surface area contributed by atoms with E-state index in [9.17, 15) is 9.59 Å². The normalized spacial score (nSPS) is 8.11. The average molecular weight is 443 g/mol. The van der Waals surface area contributed by atoms with Crippen molar-refractivity contribution in [1.82, 2.24) is 0 Å². The molecule has 0 aromatic rings. The fourth-order valence-corrected chi connectivity index (χ4v) is 0.761. The molecule has 18 heavy (non-hydrogen) atoms. The van der Waals surface area contributed by atoms with Crippen molar-refractivity contribution in [2.24, 2.45) is 5.92 Å². The minimum absolute atomic E-state index is 0. The van der Waals surface area contributed by atoms with Crippen molar-refractivity contribution in [1.29, 1.82) is 0 Å². The molecule has 6 nitrogen and oxygen atoms in total. The van der Waals surface area contributed by atoms with Crippen LogP contribution >= 0.6 is 0 Å². The summed E-state index contributed by atoms with van der Waals surface area (Å²) in [6.45, 7) is 6.47. The summed E-state index contributed by atoms with van der Waals surface area (Å²) in [5.41, 5.74) is 12.4. The van der Waals surface area contributed by atoms with E-state index in [4.69, 9.17) is 21.7 Å². The van der Waals surface area contributed by atoms with Crippen LogP contribution in [0, 0.1) is 5.92 Å². The van der Waals surface area contributed by atoms with E-state index in [1.807, 2.05) is 6.92 Å². The van der Waals surface area contributed by atoms with Crippen LogP contribution in [0.3, 0.4) is 0 Å². The third kappa shape index (κ3) is 24.7. The fourth-order valence-electron chi connectivity index (χ4n) is 0.761. The number of carboxylic acid groups (broad SMARTS) is 2. The molecule has 0 aliphatic rings. The fraction of sp³-hybridized carbons (Fsp3) is 0.818. The van der Waals surface area contributed by atoms with Gasteiger partial charge in [-0.05, 0) is 6.42 Å². The van der Waals surface area contributed by atoms with Crippen molar-refractivity contribution in [3.63, 3.8) is 0 Å². The van der Waals surface area contributed by atoms with Crippen molar-refractivity contribution >= 4 is 11.9 Å². The molecule has 0 rings (SSSR count). The summed E-state index contributed by atoms with van der Waals surface area (Å²) in [7, 11) is 0. The Balaban J connectivity index is -0.000000119. The van der Waals surface area contributed by atoms with E-state index < -0.39 is 17.9 Å². The van der Waals surface area contributed by atoms with Gasteiger partial charge < -0.3 is 21.7 Å². The zero-order chi connectivity index (χ0) is 14.3. The molecule has 7 heteroatoms. The number of aliphatic carboxylic acids is 2. The average Bonchev–Trinajstić information content (AvgIpc) is 2.19. The third-order valence-corrected chi connectivity index (χ3v) is 1.44. The maximum Gasteiger partial charge on any atom is 2.00 e. The molecule has 0 aromatic heterocycles. The van der Waals surface area contributed by atoms with Crippen molar-refractivity contribution in [2.75, 3.05) is 13.1 Å². The summed E-state index contributed by atoms with van der Waals surface area (Å²) in [4.78, 5) is 20.5. The first-order valence-corrected chi connectivity index (χ1v) is 5.67. The smallest absolute Gasteiger partial charge is 0.678 e. The van der Waals surface area contributed by atoms with E-state index in [2.05, 4.69) is 0 Å². The van der Waals surface area contributed by atoms with Crippen LogP contribution in [0.15, 0.2) is 0 Å². The summed E-state index contributed by atoms with van der Waals surface area (Å²) in [5, 5.41) is 16.8. The number of carbonyl (C=O) groups is 2. The topological polar surface area (TPSA) is 122 Å². The second kappa shape index (κ2) is 21.8. The molecule has 0 amide bonds. The molecule has 0 unspecified atom stereocenters. The van der Waals surface area contributed by atoms with Gasteiger partial charge in [0.1, 0.15) is 0 Å². The molecule has 0 aromatic carbocycles. The van der Waals surface area contributed by atoms with Gasteiger partial charge in [-0.15, -0.1) is 0 Å². The van der Waals surface area contributed by atoms with Crippen LogP contribution in [0.25, 0.3) is 11.5 Å². The van der Waals surface area contributed by atoms with Crippen LogP contribution in [-0.4, -0.2) is 35.2 Å². The summed E-state index contributed by atoms with van der Waals surface area (Å²) >= 11 is 0. The van der Waals surface area contributed by atoms with E-state index in [0.717, 1.165) is 6.42 Å². The van der Waals surface area contributed by atoms with Gasteiger partial charge >= 0.3 is 33.0 Å². The predicted molar refractivity (Wildman–Crippen MR) is 68.0 cm³/mol. The van der Waals surface area contributed by atoms with E-state index in [1.165, 1.54) is 0 Å². The molecule has 0 fully saturated rings. The summed E-state index contributed by atoms with van der Waals surface area (Å²) in [6, 6.07) is 0. The van der Waals surface area contributed by atoms with Crippen molar-refractivity contribution < 1.29 is 40.9 Å². The van der Waals surface area contributed by atoms with Gasteiger partial charge in [0.25, 0.3) is 0 Å². The Hall–Kier alpha value is -0.452. The van der Waals surface area contributed by atoms with Gasteiger partial charge in [0, 0.05) is 0 Å². The molecule has 0 spiro atoms. The zero-order valence-electron chi connectivity index (χ0n) is 11.1. The molecule has 0 radical (unpaired) electrons. The molecule has 112 valence electrons. The van der Waals surface area contributed by atoms with Crippen LogP contribution in [0.4, 0.5) is 0 Å². The summed E-state index contributed by atoms with van der Waals surface area (Å²) in [5.74, 6) is -3.72. The Kier molecular flexibility index (Phi) is 31.7. The molecular weight excluding hydrogens is 419 g/mol. The molecule has 0 aliphatic heterocycles. The molecule has 0 atom stereocenters. The van der Waals surface area contributed by atoms with E-state index in [1.54, 1.807) is 13.8 Å². The van der Waals surface area contributed by atoms with Crippen LogP contribution < -0.4 is 0 Å². The molecule has 0 saturated heterocycles. The maximum atomic E-state index is 10.3. The van der Waals surface area contributed by atoms with Gasteiger partial charge in [0.2, 0.25) is 0 Å². The van der Waals surface area contributed by atoms with Gasteiger partial charge in [-0.25, -0.2) is 0 Å². The molecule has 0 saturated carbocycles. The Bertz CT molecular complexity index is 176. The van der Waals surface area contributed by atoms with Crippen LogP contribution in [-0.2, 0) is 30.7 Å². The van der Waals surface area contributed by atoms with Gasteiger partial charge in [0.05, 0.1) is 0 Å². The quantitative estimate of drug-likeness (QED) is 0.634. The largest absolute Gasteiger partial charge is 2.00 e. The molecule has 4 N–H and O–H groups in total. The standard InChI is InChI=1S/C7H12O4.2C2H6N.Pt/c1-2-3-4-5(6(8)9)7(10)11;2*1-2-3;/h5H,2-4H2,1H3,(H,8,9)(H,10,11);2*3H,2H2,1H3;/q;2*-1;+2. The number of rotatable bonds is 5. The molecule has 0 aliphatic carbocycles. The van der Waals surface area contributed by atoms with Crippen molar-refractivity contribution in [3.8, 4) is 0 Å². The first kappa shape index (κ1) is 26.2. The van der Waals surface area contributed by atoms with Crippen LogP contribution in [0.5, 0.6) is 0 Å².